The van der Waals surface area contributed by atoms with Gasteiger partial charge in [-0.25, -0.2) is 4.79 Å². The number of carbonyl (C=O) groups is 4. The van der Waals surface area contributed by atoms with E-state index in [2.05, 4.69) is 5.32 Å². The van der Waals surface area contributed by atoms with Crippen LogP contribution in [0.25, 0.3) is 6.08 Å². The largest absolute Gasteiger partial charge is 0.508 e. The zero-order valence-corrected chi connectivity index (χ0v) is 15.7. The van der Waals surface area contributed by atoms with E-state index in [4.69, 9.17) is 10.1 Å². The highest BCUT2D eigenvalue weighted by Crippen LogP contribution is 2.14. The van der Waals surface area contributed by atoms with Crippen molar-refractivity contribution >= 4 is 29.8 Å². The lowest BCUT2D eigenvalue weighted by Crippen LogP contribution is -2.32. The number of hydrogen-bond acceptors (Lipinski definition) is 7. The summed E-state index contributed by atoms with van der Waals surface area (Å²) in [6, 6.07) is 7.93. The van der Waals surface area contributed by atoms with Gasteiger partial charge >= 0.3 is 5.97 Å². The topological polar surface area (TPSA) is 137 Å². The number of rotatable bonds is 9. The van der Waals surface area contributed by atoms with E-state index in [0.29, 0.717) is 36.4 Å². The summed E-state index contributed by atoms with van der Waals surface area (Å²) in [4.78, 5) is 51.2. The number of unbranched alkanes of at least 4 members (excludes halogenated alkanes) is 2. The average Bonchev–Trinajstić information content (AvgIpc) is 3.02. The minimum Gasteiger partial charge on any atom is -0.508 e. The maximum Gasteiger partial charge on any atom is 0.333 e. The van der Waals surface area contributed by atoms with E-state index in [9.17, 15) is 24.3 Å². The zero-order chi connectivity index (χ0) is 21.2. The first kappa shape index (κ1) is 21.6. The molecule has 29 heavy (non-hydrogen) atoms. The number of aromatic hydroxyl groups is 1. The zero-order valence-electron chi connectivity index (χ0n) is 15.7. The Hall–Kier alpha value is -3.67. The van der Waals surface area contributed by atoms with Crippen LogP contribution in [-0.4, -0.2) is 40.4 Å². The van der Waals surface area contributed by atoms with Crippen molar-refractivity contribution in [2.75, 3.05) is 6.54 Å². The smallest absolute Gasteiger partial charge is 0.333 e. The van der Waals surface area contributed by atoms with Crippen LogP contribution in [0.5, 0.6) is 5.75 Å². The first-order chi connectivity index (χ1) is 13.9. The lowest BCUT2D eigenvalue weighted by atomic mass is 10.1. The van der Waals surface area contributed by atoms with Crippen LogP contribution in [0.2, 0.25) is 0 Å². The molecule has 9 nitrogen and oxygen atoms in total. The quantitative estimate of drug-likeness (QED) is 0.278. The predicted molar refractivity (Wildman–Crippen MR) is 100 cm³/mol. The number of amides is 3. The first-order valence-corrected chi connectivity index (χ1v) is 9.16. The molecule has 1 fully saturated rings. The molecule has 152 valence electrons. The van der Waals surface area contributed by atoms with Gasteiger partial charge < -0.3 is 15.3 Å². The number of carbonyl (C=O) groups excluding carboxylic acids is 4. The van der Waals surface area contributed by atoms with Gasteiger partial charge in [0, 0.05) is 25.8 Å². The fraction of sp³-hybridized carbons (Fsp3) is 0.350. The van der Waals surface area contributed by atoms with E-state index in [1.54, 1.807) is 12.1 Å². The number of phenols is 1. The van der Waals surface area contributed by atoms with Crippen LogP contribution in [0.3, 0.4) is 0 Å². The number of nitrogens with one attached hydrogen (secondary N) is 1. The molecule has 0 radical (unpaired) electrons. The van der Waals surface area contributed by atoms with Gasteiger partial charge in [-0.05, 0) is 36.6 Å². The number of hydrogen-bond donors (Lipinski definition) is 2. The third-order valence-corrected chi connectivity index (χ3v) is 4.11. The Bertz CT molecular complexity index is 838. The molecule has 3 amide bonds. The normalized spacial score (nSPS) is 13.9. The van der Waals surface area contributed by atoms with Crippen LogP contribution in [0, 0.1) is 11.3 Å². The average molecular weight is 399 g/mol. The van der Waals surface area contributed by atoms with Crippen LogP contribution in [0.1, 0.15) is 44.1 Å². The van der Waals surface area contributed by atoms with E-state index >= 15 is 0 Å². The summed E-state index contributed by atoms with van der Waals surface area (Å²) < 4.78 is 0. The van der Waals surface area contributed by atoms with Crippen molar-refractivity contribution in [1.29, 1.82) is 5.26 Å². The van der Waals surface area contributed by atoms with Crippen molar-refractivity contribution in [1.82, 2.24) is 10.4 Å². The maximum absolute atomic E-state index is 12.0. The Morgan fingerprint density at radius 2 is 1.79 bits per heavy atom. The molecule has 1 saturated heterocycles. The Balaban J connectivity index is 1.65. The molecule has 1 aliphatic rings. The van der Waals surface area contributed by atoms with Crippen molar-refractivity contribution in [2.45, 2.75) is 38.5 Å². The molecule has 1 aliphatic heterocycles. The van der Waals surface area contributed by atoms with Crippen LogP contribution in [-0.2, 0) is 24.0 Å². The van der Waals surface area contributed by atoms with Crippen LogP contribution < -0.4 is 5.32 Å². The second-order valence-corrected chi connectivity index (χ2v) is 6.37. The van der Waals surface area contributed by atoms with Crippen molar-refractivity contribution in [3.8, 4) is 11.8 Å². The number of phenolic OH excluding ortho intramolecular Hbond substituents is 1. The molecular formula is C20H21N3O6. The molecular weight excluding hydrogens is 378 g/mol. The van der Waals surface area contributed by atoms with Gasteiger partial charge in [-0.15, -0.1) is 5.06 Å². The summed E-state index contributed by atoms with van der Waals surface area (Å²) in [5.74, 6) is -2.10. The van der Waals surface area contributed by atoms with E-state index in [1.807, 2.05) is 6.07 Å². The molecule has 0 unspecified atom stereocenters. The van der Waals surface area contributed by atoms with Gasteiger partial charge in [0.25, 0.3) is 17.7 Å². The van der Waals surface area contributed by atoms with E-state index in [-0.39, 0.29) is 30.6 Å². The fourth-order valence-corrected chi connectivity index (χ4v) is 2.56. The van der Waals surface area contributed by atoms with Crippen molar-refractivity contribution in [3.63, 3.8) is 0 Å². The molecule has 9 heteroatoms. The highest BCUT2D eigenvalue weighted by Gasteiger charge is 2.32. The summed E-state index contributed by atoms with van der Waals surface area (Å²) in [7, 11) is 0. The molecule has 1 aromatic rings. The van der Waals surface area contributed by atoms with Gasteiger partial charge in [-0.3, -0.25) is 14.4 Å². The Morgan fingerprint density at radius 3 is 2.41 bits per heavy atom. The van der Waals surface area contributed by atoms with Crippen LogP contribution >= 0.6 is 0 Å². The lowest BCUT2D eigenvalue weighted by Gasteiger charge is -2.12. The second-order valence-electron chi connectivity index (χ2n) is 6.37. The number of nitrogens with zero attached hydrogens (tertiary/aromatic N) is 2. The van der Waals surface area contributed by atoms with Crippen molar-refractivity contribution in [3.05, 3.63) is 35.4 Å². The number of benzene rings is 1. The van der Waals surface area contributed by atoms with Crippen molar-refractivity contribution < 1.29 is 29.1 Å². The molecule has 1 heterocycles. The summed E-state index contributed by atoms with van der Waals surface area (Å²) in [6.07, 6.45) is 3.25. The maximum atomic E-state index is 12.0. The van der Waals surface area contributed by atoms with E-state index in [1.165, 1.54) is 18.2 Å². The van der Waals surface area contributed by atoms with Gasteiger partial charge in [0.2, 0.25) is 0 Å². The number of hydroxylamine groups is 2. The van der Waals surface area contributed by atoms with Crippen molar-refractivity contribution in [2.24, 2.45) is 0 Å². The highest BCUT2D eigenvalue weighted by molar-refractivity contribution is 6.02. The second kappa shape index (κ2) is 10.6. The first-order valence-electron chi connectivity index (χ1n) is 9.16. The Morgan fingerprint density at radius 1 is 1.14 bits per heavy atom. The van der Waals surface area contributed by atoms with Gasteiger partial charge in [0.1, 0.15) is 17.4 Å². The SMILES string of the molecule is N#C/C(=C\c1ccc(O)cc1)C(=O)NCCCCCC(=O)ON1C(=O)CCC1=O. The third kappa shape index (κ3) is 6.77. The predicted octanol–water partition coefficient (Wildman–Crippen LogP) is 1.58. The van der Waals surface area contributed by atoms with Gasteiger partial charge in [0.05, 0.1) is 0 Å². The van der Waals surface area contributed by atoms with Gasteiger partial charge in [-0.2, -0.15) is 5.26 Å². The number of nitriles is 1. The van der Waals surface area contributed by atoms with E-state index < -0.39 is 23.7 Å². The molecule has 0 aromatic heterocycles. The molecule has 0 spiro atoms. The molecule has 1 aromatic carbocycles. The molecule has 0 bridgehead atoms. The summed E-state index contributed by atoms with van der Waals surface area (Å²) in [6.45, 7) is 0.325. The highest BCUT2D eigenvalue weighted by atomic mass is 16.7. The summed E-state index contributed by atoms with van der Waals surface area (Å²) in [5, 5.41) is 21.5. The summed E-state index contributed by atoms with van der Waals surface area (Å²) >= 11 is 0. The Kier molecular flexibility index (Phi) is 7.91. The standard InChI is InChI=1S/C20H21N3O6/c21-13-15(12-14-5-7-16(24)8-6-14)20(28)22-11-3-1-2-4-19(27)29-23-17(25)9-10-18(23)26/h5-8,12,24H,1-4,9-11H2,(H,22,28)/b15-12+. The molecule has 0 saturated carbocycles. The Labute approximate surface area is 167 Å². The lowest BCUT2D eigenvalue weighted by molar-refractivity contribution is -0.197. The third-order valence-electron chi connectivity index (χ3n) is 4.11. The molecule has 0 aliphatic carbocycles. The fourth-order valence-electron chi connectivity index (χ4n) is 2.56. The monoisotopic (exact) mass is 399 g/mol. The minimum atomic E-state index is -0.652. The molecule has 2 N–H and O–H groups in total. The van der Waals surface area contributed by atoms with Gasteiger partial charge in [0.15, 0.2) is 0 Å². The molecule has 2 rings (SSSR count). The summed E-state index contributed by atoms with van der Waals surface area (Å²) in [5.41, 5.74) is 0.558. The number of imide groups is 1. The van der Waals surface area contributed by atoms with E-state index in [0.717, 1.165) is 0 Å². The minimum absolute atomic E-state index is 0.0508. The van der Waals surface area contributed by atoms with Crippen LogP contribution in [0.4, 0.5) is 0 Å². The van der Waals surface area contributed by atoms with Crippen LogP contribution in [0.15, 0.2) is 29.8 Å². The molecule has 0 atom stereocenters. The van der Waals surface area contributed by atoms with Gasteiger partial charge in [-0.1, -0.05) is 18.6 Å².